The van der Waals surface area contributed by atoms with Crippen molar-refractivity contribution >= 4 is 0 Å². The first-order chi connectivity index (χ1) is 8.88. The molecule has 0 aliphatic heterocycles. The number of nitrogens with one attached hydrogen (secondary N) is 1. The molecule has 0 amide bonds. The van der Waals surface area contributed by atoms with Gasteiger partial charge in [0.25, 0.3) is 0 Å². The minimum Gasteiger partial charge on any atom is -0.489 e. The molecule has 0 aromatic heterocycles. The molecule has 1 N–H and O–H groups in total. The first-order valence-electron chi connectivity index (χ1n) is 6.34. The molecule has 0 radical (unpaired) electrons. The van der Waals surface area contributed by atoms with Crippen LogP contribution in [0.1, 0.15) is 24.8 Å². The fraction of sp³-hybridized carbons (Fsp3) is 0.375. The summed E-state index contributed by atoms with van der Waals surface area (Å²) in [5.74, 6) is 3.58. The molecule has 18 heavy (non-hydrogen) atoms. The molecule has 2 heteroatoms. The number of ether oxygens (including phenoxy) is 1. The fourth-order valence-electron chi connectivity index (χ4n) is 1.64. The second-order valence-electron chi connectivity index (χ2n) is 4.05. The SMILES string of the molecule is C#CCCCCNCc1ccccc1OCC=C. The number of benzene rings is 1. The normalized spacial score (nSPS) is 9.72. The van der Waals surface area contributed by atoms with E-state index in [4.69, 9.17) is 11.2 Å². The van der Waals surface area contributed by atoms with Crippen LogP contribution in [0, 0.1) is 12.3 Å². The molecular weight excluding hydrogens is 222 g/mol. The van der Waals surface area contributed by atoms with Gasteiger partial charge in [0.05, 0.1) is 0 Å². The van der Waals surface area contributed by atoms with Gasteiger partial charge >= 0.3 is 0 Å². The van der Waals surface area contributed by atoms with Gasteiger partial charge in [0.15, 0.2) is 0 Å². The summed E-state index contributed by atoms with van der Waals surface area (Å²) in [5, 5.41) is 3.40. The van der Waals surface area contributed by atoms with Crippen molar-refractivity contribution in [3.05, 3.63) is 42.5 Å². The second-order valence-corrected chi connectivity index (χ2v) is 4.05. The van der Waals surface area contributed by atoms with Gasteiger partial charge in [-0.05, 0) is 25.5 Å². The minimum atomic E-state index is 0.541. The third-order valence-corrected chi connectivity index (χ3v) is 2.57. The number of para-hydroxylation sites is 1. The summed E-state index contributed by atoms with van der Waals surface area (Å²) in [6.45, 7) is 6.00. The molecule has 0 saturated carbocycles. The van der Waals surface area contributed by atoms with E-state index in [0.717, 1.165) is 38.1 Å². The Morgan fingerprint density at radius 3 is 2.94 bits per heavy atom. The summed E-state index contributed by atoms with van der Waals surface area (Å²) in [4.78, 5) is 0. The number of hydrogen-bond donors (Lipinski definition) is 1. The van der Waals surface area contributed by atoms with Crippen molar-refractivity contribution in [2.24, 2.45) is 0 Å². The lowest BCUT2D eigenvalue weighted by molar-refractivity contribution is 0.358. The predicted octanol–water partition coefficient (Wildman–Crippen LogP) is 3.14. The van der Waals surface area contributed by atoms with Crippen molar-refractivity contribution in [3.63, 3.8) is 0 Å². The van der Waals surface area contributed by atoms with Crippen molar-refractivity contribution in [1.82, 2.24) is 5.32 Å². The summed E-state index contributed by atoms with van der Waals surface area (Å²) in [6.07, 6.45) is 10.0. The molecule has 0 heterocycles. The van der Waals surface area contributed by atoms with E-state index in [9.17, 15) is 0 Å². The van der Waals surface area contributed by atoms with Crippen LogP contribution >= 0.6 is 0 Å². The van der Waals surface area contributed by atoms with E-state index in [1.54, 1.807) is 6.08 Å². The third kappa shape index (κ3) is 5.56. The van der Waals surface area contributed by atoms with Crippen LogP contribution in [0.5, 0.6) is 5.75 Å². The maximum atomic E-state index is 5.60. The Morgan fingerprint density at radius 2 is 2.17 bits per heavy atom. The molecule has 1 aromatic carbocycles. The van der Waals surface area contributed by atoms with Gasteiger partial charge in [-0.15, -0.1) is 12.3 Å². The summed E-state index contributed by atoms with van der Waals surface area (Å²) in [6, 6.07) is 8.07. The maximum absolute atomic E-state index is 5.60. The quantitative estimate of drug-likeness (QED) is 0.409. The monoisotopic (exact) mass is 243 g/mol. The molecule has 0 atom stereocenters. The Kier molecular flexibility index (Phi) is 7.43. The van der Waals surface area contributed by atoms with Gasteiger partial charge < -0.3 is 10.1 Å². The van der Waals surface area contributed by atoms with Gasteiger partial charge in [0.2, 0.25) is 0 Å². The van der Waals surface area contributed by atoms with Crippen molar-refractivity contribution in [2.75, 3.05) is 13.2 Å². The predicted molar refractivity (Wildman–Crippen MR) is 76.5 cm³/mol. The number of hydrogen-bond acceptors (Lipinski definition) is 2. The van der Waals surface area contributed by atoms with E-state index < -0.39 is 0 Å². The first kappa shape index (κ1) is 14.3. The topological polar surface area (TPSA) is 21.3 Å². The molecule has 0 saturated heterocycles. The Hall–Kier alpha value is -1.72. The molecule has 2 nitrogen and oxygen atoms in total. The molecule has 0 aliphatic carbocycles. The standard InChI is InChI=1S/C16H21NO/c1-3-5-6-9-12-17-14-15-10-7-8-11-16(15)18-13-4-2/h1,4,7-8,10-11,17H,2,5-6,9,12-14H2. The zero-order valence-corrected chi connectivity index (χ0v) is 10.8. The lowest BCUT2D eigenvalue weighted by Crippen LogP contribution is -2.15. The van der Waals surface area contributed by atoms with Crippen LogP contribution in [-0.2, 0) is 6.54 Å². The van der Waals surface area contributed by atoms with Gasteiger partial charge in [-0.2, -0.15) is 0 Å². The highest BCUT2D eigenvalue weighted by atomic mass is 16.5. The summed E-state index contributed by atoms with van der Waals surface area (Å²) < 4.78 is 5.60. The lowest BCUT2D eigenvalue weighted by atomic mass is 10.2. The van der Waals surface area contributed by atoms with Crippen LogP contribution in [0.25, 0.3) is 0 Å². The van der Waals surface area contributed by atoms with E-state index in [0.29, 0.717) is 6.61 Å². The molecule has 0 bridgehead atoms. The smallest absolute Gasteiger partial charge is 0.124 e. The van der Waals surface area contributed by atoms with E-state index >= 15 is 0 Å². The van der Waals surface area contributed by atoms with Crippen molar-refractivity contribution < 1.29 is 4.74 Å². The molecular formula is C16H21NO. The van der Waals surface area contributed by atoms with Gasteiger partial charge in [-0.1, -0.05) is 30.9 Å². The Bertz CT molecular complexity index is 392. The average Bonchev–Trinajstić information content (AvgIpc) is 2.41. The molecule has 96 valence electrons. The first-order valence-corrected chi connectivity index (χ1v) is 6.34. The van der Waals surface area contributed by atoms with Crippen LogP contribution < -0.4 is 10.1 Å². The number of unbranched alkanes of at least 4 members (excludes halogenated alkanes) is 2. The van der Waals surface area contributed by atoms with Gasteiger partial charge in [-0.3, -0.25) is 0 Å². The molecule has 0 unspecified atom stereocenters. The van der Waals surface area contributed by atoms with Crippen LogP contribution in [0.2, 0.25) is 0 Å². The highest BCUT2D eigenvalue weighted by Gasteiger charge is 2.01. The van der Waals surface area contributed by atoms with Gasteiger partial charge in [0, 0.05) is 18.5 Å². The van der Waals surface area contributed by atoms with Crippen molar-refractivity contribution in [1.29, 1.82) is 0 Å². The number of terminal acetylenes is 1. The van der Waals surface area contributed by atoms with Gasteiger partial charge in [0.1, 0.15) is 12.4 Å². The maximum Gasteiger partial charge on any atom is 0.124 e. The van der Waals surface area contributed by atoms with Crippen LogP contribution in [-0.4, -0.2) is 13.2 Å². The highest BCUT2D eigenvalue weighted by Crippen LogP contribution is 2.17. The zero-order chi connectivity index (χ0) is 13.1. The van der Waals surface area contributed by atoms with E-state index in [2.05, 4.69) is 23.9 Å². The summed E-state index contributed by atoms with van der Waals surface area (Å²) in [7, 11) is 0. The minimum absolute atomic E-state index is 0.541. The van der Waals surface area contributed by atoms with Crippen LogP contribution in [0.3, 0.4) is 0 Å². The molecule has 0 fully saturated rings. The molecule has 1 rings (SSSR count). The summed E-state index contributed by atoms with van der Waals surface area (Å²) in [5.41, 5.74) is 1.18. The van der Waals surface area contributed by atoms with E-state index in [1.807, 2.05) is 18.2 Å². The van der Waals surface area contributed by atoms with Gasteiger partial charge in [-0.25, -0.2) is 0 Å². The number of rotatable bonds is 9. The Balaban J connectivity index is 2.32. The molecule has 0 spiro atoms. The zero-order valence-electron chi connectivity index (χ0n) is 10.8. The van der Waals surface area contributed by atoms with Crippen molar-refractivity contribution in [3.8, 4) is 18.1 Å². The Morgan fingerprint density at radius 1 is 1.33 bits per heavy atom. The highest BCUT2D eigenvalue weighted by molar-refractivity contribution is 5.33. The Labute approximate surface area is 110 Å². The third-order valence-electron chi connectivity index (χ3n) is 2.57. The second kappa shape index (κ2) is 9.32. The lowest BCUT2D eigenvalue weighted by Gasteiger charge is -2.10. The van der Waals surface area contributed by atoms with E-state index in [1.165, 1.54) is 5.56 Å². The average molecular weight is 243 g/mol. The van der Waals surface area contributed by atoms with Crippen LogP contribution in [0.4, 0.5) is 0 Å². The molecule has 1 aromatic rings. The van der Waals surface area contributed by atoms with Crippen molar-refractivity contribution in [2.45, 2.75) is 25.8 Å². The molecule has 0 aliphatic rings. The van der Waals surface area contributed by atoms with Crippen LogP contribution in [0.15, 0.2) is 36.9 Å². The summed E-state index contributed by atoms with van der Waals surface area (Å²) >= 11 is 0. The largest absolute Gasteiger partial charge is 0.489 e. The fourth-order valence-corrected chi connectivity index (χ4v) is 1.64. The van der Waals surface area contributed by atoms with E-state index in [-0.39, 0.29) is 0 Å².